The molecule has 1 aromatic carbocycles. The molecule has 0 bridgehead atoms. The number of carboxylic acid groups (broad SMARTS) is 1. The fourth-order valence-electron chi connectivity index (χ4n) is 2.30. The van der Waals surface area contributed by atoms with Gasteiger partial charge in [-0.05, 0) is 36.5 Å². The van der Waals surface area contributed by atoms with Gasteiger partial charge in [0.2, 0.25) is 0 Å². The minimum Gasteiger partial charge on any atom is -0.481 e. The summed E-state index contributed by atoms with van der Waals surface area (Å²) in [5, 5.41) is 9.43. The fourth-order valence-corrected chi connectivity index (χ4v) is 2.30. The predicted molar refractivity (Wildman–Crippen MR) is 68.7 cm³/mol. The number of carboxylic acids is 1. The van der Waals surface area contributed by atoms with E-state index in [1.807, 2.05) is 13.8 Å². The first-order chi connectivity index (χ1) is 8.39. The number of halogens is 1. The van der Waals surface area contributed by atoms with E-state index in [0.717, 1.165) is 0 Å². The van der Waals surface area contributed by atoms with Gasteiger partial charge in [-0.3, -0.25) is 4.79 Å². The van der Waals surface area contributed by atoms with Gasteiger partial charge < -0.3 is 10.8 Å². The van der Waals surface area contributed by atoms with Crippen LogP contribution in [-0.2, 0) is 11.2 Å². The lowest BCUT2D eigenvalue weighted by molar-refractivity contribution is -0.149. The summed E-state index contributed by atoms with van der Waals surface area (Å²) < 4.78 is 13.1. The molecule has 1 atom stereocenters. The van der Waals surface area contributed by atoms with E-state index in [0.29, 0.717) is 12.0 Å². The van der Waals surface area contributed by atoms with Crippen molar-refractivity contribution in [3.63, 3.8) is 0 Å². The van der Waals surface area contributed by atoms with Gasteiger partial charge in [0.05, 0.1) is 5.41 Å². The average Bonchev–Trinajstić information content (AvgIpc) is 2.27. The Balaban J connectivity index is 3.00. The van der Waals surface area contributed by atoms with Gasteiger partial charge in [-0.2, -0.15) is 0 Å². The van der Waals surface area contributed by atoms with Crippen LogP contribution in [0.1, 0.15) is 25.8 Å². The van der Waals surface area contributed by atoms with Crippen molar-refractivity contribution < 1.29 is 14.3 Å². The fraction of sp³-hybridized carbons (Fsp3) is 0.500. The first kappa shape index (κ1) is 14.6. The Labute approximate surface area is 107 Å². The topological polar surface area (TPSA) is 63.3 Å². The maximum atomic E-state index is 13.1. The van der Waals surface area contributed by atoms with Gasteiger partial charge in [0.25, 0.3) is 0 Å². The van der Waals surface area contributed by atoms with E-state index < -0.39 is 11.4 Å². The molecule has 4 heteroatoms. The molecule has 0 aliphatic heterocycles. The zero-order valence-electron chi connectivity index (χ0n) is 10.8. The standard InChI is InChI=1S/C14H20FNO2/c1-10(2)7-14(9-16,13(17)18)8-11-4-3-5-12(15)6-11/h3-6,10H,7-9,16H2,1-2H3,(H,17,18). The number of benzene rings is 1. The summed E-state index contributed by atoms with van der Waals surface area (Å²) in [6.45, 7) is 3.97. The second-order valence-electron chi connectivity index (χ2n) is 5.19. The third kappa shape index (κ3) is 3.53. The number of rotatable bonds is 6. The molecule has 0 aromatic heterocycles. The highest BCUT2D eigenvalue weighted by atomic mass is 19.1. The van der Waals surface area contributed by atoms with Gasteiger partial charge in [-0.1, -0.05) is 26.0 Å². The van der Waals surface area contributed by atoms with Crippen LogP contribution in [0.5, 0.6) is 0 Å². The van der Waals surface area contributed by atoms with E-state index in [-0.39, 0.29) is 24.7 Å². The van der Waals surface area contributed by atoms with Gasteiger partial charge in [-0.25, -0.2) is 4.39 Å². The van der Waals surface area contributed by atoms with Crippen molar-refractivity contribution in [2.24, 2.45) is 17.1 Å². The molecule has 3 nitrogen and oxygen atoms in total. The van der Waals surface area contributed by atoms with Crippen LogP contribution in [0.3, 0.4) is 0 Å². The van der Waals surface area contributed by atoms with Gasteiger partial charge in [0.1, 0.15) is 5.82 Å². The van der Waals surface area contributed by atoms with Crippen LogP contribution < -0.4 is 5.73 Å². The highest BCUT2D eigenvalue weighted by molar-refractivity contribution is 5.75. The number of carbonyl (C=O) groups is 1. The van der Waals surface area contributed by atoms with Crippen LogP contribution in [0.4, 0.5) is 4.39 Å². The van der Waals surface area contributed by atoms with E-state index in [2.05, 4.69) is 0 Å². The molecule has 0 aliphatic carbocycles. The van der Waals surface area contributed by atoms with Crippen molar-refractivity contribution in [2.75, 3.05) is 6.54 Å². The van der Waals surface area contributed by atoms with E-state index in [4.69, 9.17) is 5.73 Å². The van der Waals surface area contributed by atoms with Crippen LogP contribution in [-0.4, -0.2) is 17.6 Å². The Morgan fingerprint density at radius 2 is 2.17 bits per heavy atom. The first-order valence-electron chi connectivity index (χ1n) is 6.07. The number of nitrogens with two attached hydrogens (primary N) is 1. The molecule has 18 heavy (non-hydrogen) atoms. The largest absolute Gasteiger partial charge is 0.481 e. The van der Waals surface area contributed by atoms with Gasteiger partial charge >= 0.3 is 5.97 Å². The van der Waals surface area contributed by atoms with Crippen LogP contribution >= 0.6 is 0 Å². The summed E-state index contributed by atoms with van der Waals surface area (Å²) in [6.07, 6.45) is 0.740. The van der Waals surface area contributed by atoms with Crippen molar-refractivity contribution in [1.82, 2.24) is 0 Å². The first-order valence-corrected chi connectivity index (χ1v) is 6.07. The molecule has 0 saturated carbocycles. The zero-order chi connectivity index (χ0) is 13.8. The van der Waals surface area contributed by atoms with Crippen LogP contribution in [0.2, 0.25) is 0 Å². The highest BCUT2D eigenvalue weighted by Gasteiger charge is 2.37. The molecule has 0 heterocycles. The zero-order valence-corrected chi connectivity index (χ0v) is 10.8. The smallest absolute Gasteiger partial charge is 0.311 e. The lowest BCUT2D eigenvalue weighted by atomic mass is 9.75. The molecule has 0 saturated heterocycles. The third-order valence-corrected chi connectivity index (χ3v) is 3.07. The molecule has 3 N–H and O–H groups in total. The maximum Gasteiger partial charge on any atom is 0.311 e. The van der Waals surface area contributed by atoms with Crippen LogP contribution in [0.25, 0.3) is 0 Å². The highest BCUT2D eigenvalue weighted by Crippen LogP contribution is 2.30. The molecule has 1 rings (SSSR count). The Kier molecular flexibility index (Phi) is 4.84. The van der Waals surface area contributed by atoms with E-state index in [9.17, 15) is 14.3 Å². The molecule has 0 spiro atoms. The van der Waals surface area contributed by atoms with Crippen molar-refractivity contribution in [2.45, 2.75) is 26.7 Å². The lowest BCUT2D eigenvalue weighted by Crippen LogP contribution is -2.41. The summed E-state index contributed by atoms with van der Waals surface area (Å²) in [5.74, 6) is -1.05. The molecule has 100 valence electrons. The quantitative estimate of drug-likeness (QED) is 0.818. The van der Waals surface area contributed by atoms with Gasteiger partial charge in [-0.15, -0.1) is 0 Å². The van der Waals surface area contributed by atoms with Crippen LogP contribution in [0, 0.1) is 17.2 Å². The lowest BCUT2D eigenvalue weighted by Gasteiger charge is -2.29. The number of hydrogen-bond acceptors (Lipinski definition) is 2. The average molecular weight is 253 g/mol. The third-order valence-electron chi connectivity index (χ3n) is 3.07. The Bertz CT molecular complexity index is 420. The second-order valence-corrected chi connectivity index (χ2v) is 5.19. The monoisotopic (exact) mass is 253 g/mol. The molecule has 1 aromatic rings. The molecular weight excluding hydrogens is 233 g/mol. The molecule has 0 aliphatic rings. The van der Waals surface area contributed by atoms with Crippen LogP contribution in [0.15, 0.2) is 24.3 Å². The van der Waals surface area contributed by atoms with E-state index in [1.165, 1.54) is 12.1 Å². The van der Waals surface area contributed by atoms with E-state index >= 15 is 0 Å². The molecule has 0 fully saturated rings. The van der Waals surface area contributed by atoms with Crippen molar-refractivity contribution in [3.8, 4) is 0 Å². The summed E-state index contributed by atoms with van der Waals surface area (Å²) in [4.78, 5) is 11.5. The number of aliphatic carboxylic acids is 1. The summed E-state index contributed by atoms with van der Waals surface area (Å²) in [6, 6.07) is 6.03. The minimum atomic E-state index is -1.01. The summed E-state index contributed by atoms with van der Waals surface area (Å²) >= 11 is 0. The normalized spacial score (nSPS) is 14.5. The van der Waals surface area contributed by atoms with Crippen molar-refractivity contribution in [1.29, 1.82) is 0 Å². The SMILES string of the molecule is CC(C)CC(CN)(Cc1cccc(F)c1)C(=O)O. The van der Waals surface area contributed by atoms with Gasteiger partial charge in [0.15, 0.2) is 0 Å². The molecular formula is C14H20FNO2. The molecule has 1 unspecified atom stereocenters. The predicted octanol–water partition coefficient (Wildman–Crippen LogP) is 2.44. The number of hydrogen-bond donors (Lipinski definition) is 2. The van der Waals surface area contributed by atoms with Crippen molar-refractivity contribution in [3.05, 3.63) is 35.6 Å². The second kappa shape index (κ2) is 5.96. The summed E-state index contributed by atoms with van der Waals surface area (Å²) in [7, 11) is 0. The summed E-state index contributed by atoms with van der Waals surface area (Å²) in [5.41, 5.74) is 5.33. The minimum absolute atomic E-state index is 0.0526. The van der Waals surface area contributed by atoms with Gasteiger partial charge in [0, 0.05) is 6.54 Å². The van der Waals surface area contributed by atoms with E-state index in [1.54, 1.807) is 12.1 Å². The maximum absolute atomic E-state index is 13.1. The molecule has 0 radical (unpaired) electrons. The molecule has 0 amide bonds. The Morgan fingerprint density at radius 3 is 2.61 bits per heavy atom. The Hall–Kier alpha value is -1.42. The Morgan fingerprint density at radius 1 is 1.50 bits per heavy atom. The van der Waals surface area contributed by atoms with Crippen molar-refractivity contribution >= 4 is 5.97 Å².